The molecular weight excluding hydrogens is 997 g/mol. The van der Waals surface area contributed by atoms with Crippen LogP contribution in [0.15, 0.2) is 158 Å². The van der Waals surface area contributed by atoms with Gasteiger partial charge in [-0.15, -0.1) is 0 Å². The van der Waals surface area contributed by atoms with Crippen LogP contribution < -0.4 is 0 Å². The molecule has 0 aromatic heterocycles. The Hall–Kier alpha value is -4.97. The maximum absolute atomic E-state index is 12.9. The fourth-order valence-corrected chi connectivity index (χ4v) is 8.62. The molecule has 0 bridgehead atoms. The standard InChI is InChI=1S/C75H120O6/c1-4-7-10-13-16-19-22-25-28-31-33-35-36-37-38-40-41-44-47-50-53-56-59-62-65-68-74(77)80-71-72(70-79-73(76)67-64-61-58-55-52-49-46-43-30-27-24-21-18-15-12-9-6-3)81-75(78)69-66-63-60-57-54-51-48-45-42-39-34-32-29-26-23-20-17-14-11-8-5-2/h7-8,10-11,16-21,25-30,33-35,37-39,41,44-45,48,72H,4-6,9,12-15,22-24,31-32,36,40,42-43,46-47,49-71H2,1-3H3/b10-7-,11-8-,19-16-,20-17-,21-18-,28-25-,29-26-,30-27-,35-33-,38-37-,39-34-,44-41-,48-45-. The topological polar surface area (TPSA) is 78.9 Å². The number of carbonyl (C=O) groups excluding carboxylic acids is 3. The van der Waals surface area contributed by atoms with Gasteiger partial charge in [-0.1, -0.05) is 269 Å². The molecule has 1 atom stereocenters. The van der Waals surface area contributed by atoms with E-state index in [1.807, 2.05) is 0 Å². The summed E-state index contributed by atoms with van der Waals surface area (Å²) in [5, 5.41) is 0. The molecule has 0 saturated heterocycles. The second-order valence-corrected chi connectivity index (χ2v) is 21.3. The number of unbranched alkanes of at least 4 members (excludes halogenated alkanes) is 21. The zero-order chi connectivity index (χ0) is 58.5. The summed E-state index contributed by atoms with van der Waals surface area (Å²) in [5.74, 6) is -0.943. The van der Waals surface area contributed by atoms with Gasteiger partial charge in [0.05, 0.1) is 0 Å². The van der Waals surface area contributed by atoms with Gasteiger partial charge < -0.3 is 14.2 Å². The van der Waals surface area contributed by atoms with Crippen LogP contribution in [0.4, 0.5) is 0 Å². The van der Waals surface area contributed by atoms with Crippen LogP contribution in [-0.2, 0) is 28.6 Å². The van der Waals surface area contributed by atoms with Crippen LogP contribution in [0.1, 0.15) is 278 Å². The molecule has 0 spiro atoms. The van der Waals surface area contributed by atoms with Crippen molar-refractivity contribution >= 4 is 17.9 Å². The van der Waals surface area contributed by atoms with Gasteiger partial charge in [-0.25, -0.2) is 0 Å². The van der Waals surface area contributed by atoms with Gasteiger partial charge in [-0.2, -0.15) is 0 Å². The summed E-state index contributed by atoms with van der Waals surface area (Å²) in [6.45, 7) is 6.36. The number of hydrogen-bond acceptors (Lipinski definition) is 6. The summed E-state index contributed by atoms with van der Waals surface area (Å²) < 4.78 is 16.9. The van der Waals surface area contributed by atoms with Crippen molar-refractivity contribution in [2.75, 3.05) is 13.2 Å². The fourth-order valence-electron chi connectivity index (χ4n) is 8.62. The van der Waals surface area contributed by atoms with E-state index in [9.17, 15) is 14.4 Å². The molecule has 6 nitrogen and oxygen atoms in total. The third kappa shape index (κ3) is 65.7. The Labute approximate surface area is 499 Å². The second kappa shape index (κ2) is 67.5. The smallest absolute Gasteiger partial charge is 0.306 e. The van der Waals surface area contributed by atoms with Crippen molar-refractivity contribution in [1.29, 1.82) is 0 Å². The predicted molar refractivity (Wildman–Crippen MR) is 352 cm³/mol. The van der Waals surface area contributed by atoms with Gasteiger partial charge in [0.2, 0.25) is 0 Å². The van der Waals surface area contributed by atoms with Crippen molar-refractivity contribution in [1.82, 2.24) is 0 Å². The van der Waals surface area contributed by atoms with E-state index < -0.39 is 6.10 Å². The molecule has 0 radical (unpaired) electrons. The molecule has 0 rings (SSSR count). The maximum Gasteiger partial charge on any atom is 0.306 e. The highest BCUT2D eigenvalue weighted by Gasteiger charge is 2.19. The molecular formula is C75H120O6. The highest BCUT2D eigenvalue weighted by molar-refractivity contribution is 5.71. The molecule has 456 valence electrons. The molecule has 6 heteroatoms. The van der Waals surface area contributed by atoms with Gasteiger partial charge in [-0.3, -0.25) is 14.4 Å². The minimum atomic E-state index is -0.808. The molecule has 0 aliphatic heterocycles. The highest BCUT2D eigenvalue weighted by atomic mass is 16.6. The van der Waals surface area contributed by atoms with E-state index in [4.69, 9.17) is 14.2 Å². The Bertz CT molecular complexity index is 1810. The fraction of sp³-hybridized carbons (Fsp3) is 0.613. The summed E-state index contributed by atoms with van der Waals surface area (Å²) in [6.07, 6.45) is 98.1. The van der Waals surface area contributed by atoms with Gasteiger partial charge >= 0.3 is 17.9 Å². The van der Waals surface area contributed by atoms with Gasteiger partial charge in [0.1, 0.15) is 13.2 Å². The molecule has 0 aliphatic rings. The van der Waals surface area contributed by atoms with Crippen LogP contribution >= 0.6 is 0 Å². The lowest BCUT2D eigenvalue weighted by Crippen LogP contribution is -2.30. The maximum atomic E-state index is 12.9. The average Bonchev–Trinajstić information content (AvgIpc) is 3.47. The molecule has 0 amide bonds. The van der Waals surface area contributed by atoms with Crippen LogP contribution in [0.2, 0.25) is 0 Å². The van der Waals surface area contributed by atoms with Crippen molar-refractivity contribution in [2.24, 2.45) is 0 Å². The Morgan fingerprint density at radius 3 is 0.753 bits per heavy atom. The molecule has 0 saturated carbocycles. The van der Waals surface area contributed by atoms with Gasteiger partial charge in [0.25, 0.3) is 0 Å². The summed E-state index contributed by atoms with van der Waals surface area (Å²) in [4.78, 5) is 38.4. The lowest BCUT2D eigenvalue weighted by Gasteiger charge is -2.18. The summed E-state index contributed by atoms with van der Waals surface area (Å²) in [7, 11) is 0. The van der Waals surface area contributed by atoms with Crippen LogP contribution in [-0.4, -0.2) is 37.2 Å². The number of rotatable bonds is 58. The molecule has 0 N–H and O–H groups in total. The van der Waals surface area contributed by atoms with Crippen molar-refractivity contribution in [3.8, 4) is 0 Å². The SMILES string of the molecule is CC/C=C\C/C=C\C/C=C\C/C=C\C/C=C\C/C=C\CCCCCCCCC(=O)OCC(COC(=O)CCCCCCCCC/C=C\C/C=C\CCCCC)OC(=O)CCCCCCC/C=C\C/C=C\C/C=C\C/C=C\C/C=C\CC. The number of ether oxygens (including phenoxy) is 3. The molecule has 0 aromatic rings. The van der Waals surface area contributed by atoms with Crippen LogP contribution in [0.5, 0.6) is 0 Å². The van der Waals surface area contributed by atoms with Crippen LogP contribution in [0.3, 0.4) is 0 Å². The summed E-state index contributed by atoms with van der Waals surface area (Å²) in [5.41, 5.74) is 0. The number of hydrogen-bond donors (Lipinski definition) is 0. The molecule has 0 fully saturated rings. The largest absolute Gasteiger partial charge is 0.462 e. The Morgan fingerprint density at radius 2 is 0.481 bits per heavy atom. The third-order valence-electron chi connectivity index (χ3n) is 13.5. The van der Waals surface area contributed by atoms with Crippen molar-refractivity contribution in [2.45, 2.75) is 284 Å². The van der Waals surface area contributed by atoms with E-state index >= 15 is 0 Å². The second-order valence-electron chi connectivity index (χ2n) is 21.3. The summed E-state index contributed by atoms with van der Waals surface area (Å²) >= 11 is 0. The molecule has 0 aromatic carbocycles. The Balaban J connectivity index is 4.49. The Kier molecular flexibility index (Phi) is 63.4. The first-order valence-corrected chi connectivity index (χ1v) is 33.0. The van der Waals surface area contributed by atoms with Gasteiger partial charge in [-0.05, 0) is 148 Å². The number of carbonyl (C=O) groups is 3. The van der Waals surface area contributed by atoms with Crippen LogP contribution in [0.25, 0.3) is 0 Å². The van der Waals surface area contributed by atoms with E-state index in [2.05, 4.69) is 179 Å². The zero-order valence-electron chi connectivity index (χ0n) is 52.2. The van der Waals surface area contributed by atoms with E-state index in [0.29, 0.717) is 19.3 Å². The lowest BCUT2D eigenvalue weighted by atomic mass is 10.1. The monoisotopic (exact) mass is 1120 g/mol. The predicted octanol–water partition coefficient (Wildman–Crippen LogP) is 22.9. The zero-order valence-corrected chi connectivity index (χ0v) is 52.2. The van der Waals surface area contributed by atoms with Crippen LogP contribution in [0, 0.1) is 0 Å². The molecule has 0 heterocycles. The molecule has 81 heavy (non-hydrogen) atoms. The van der Waals surface area contributed by atoms with Crippen molar-refractivity contribution in [3.05, 3.63) is 158 Å². The minimum Gasteiger partial charge on any atom is -0.462 e. The van der Waals surface area contributed by atoms with E-state index in [0.717, 1.165) is 173 Å². The minimum absolute atomic E-state index is 0.101. The van der Waals surface area contributed by atoms with Gasteiger partial charge in [0.15, 0.2) is 6.10 Å². The number of allylic oxidation sites excluding steroid dienone is 26. The van der Waals surface area contributed by atoms with Crippen molar-refractivity contribution < 1.29 is 28.6 Å². The first kappa shape index (κ1) is 76.0. The third-order valence-corrected chi connectivity index (χ3v) is 13.5. The molecule has 1 unspecified atom stereocenters. The first-order valence-electron chi connectivity index (χ1n) is 33.0. The Morgan fingerprint density at radius 1 is 0.259 bits per heavy atom. The normalized spacial score (nSPS) is 13.2. The quantitative estimate of drug-likeness (QED) is 0.0261. The average molecular weight is 1120 g/mol. The highest BCUT2D eigenvalue weighted by Crippen LogP contribution is 2.14. The number of esters is 3. The van der Waals surface area contributed by atoms with E-state index in [1.165, 1.54) is 64.2 Å². The van der Waals surface area contributed by atoms with Crippen molar-refractivity contribution in [3.63, 3.8) is 0 Å². The van der Waals surface area contributed by atoms with E-state index in [-0.39, 0.29) is 31.1 Å². The van der Waals surface area contributed by atoms with E-state index in [1.54, 1.807) is 0 Å². The molecule has 0 aliphatic carbocycles. The lowest BCUT2D eigenvalue weighted by molar-refractivity contribution is -0.167. The first-order chi connectivity index (χ1) is 40.0. The van der Waals surface area contributed by atoms with Gasteiger partial charge in [0, 0.05) is 19.3 Å². The summed E-state index contributed by atoms with van der Waals surface area (Å²) in [6, 6.07) is 0.